The molecule has 0 aliphatic rings. The molecule has 96 valence electrons. The van der Waals surface area contributed by atoms with Gasteiger partial charge in [0, 0.05) is 28.6 Å². The van der Waals surface area contributed by atoms with E-state index in [-0.39, 0.29) is 0 Å². The minimum atomic E-state index is 0.336. The number of thiazole rings is 1. The van der Waals surface area contributed by atoms with Crippen molar-refractivity contribution in [2.75, 3.05) is 6.54 Å². The molecule has 0 amide bonds. The Morgan fingerprint density at radius 2 is 2.11 bits per heavy atom. The third-order valence-electron chi connectivity index (χ3n) is 2.80. The first-order valence-electron chi connectivity index (χ1n) is 6.16. The van der Waals surface area contributed by atoms with E-state index in [1.54, 1.807) is 11.3 Å². The summed E-state index contributed by atoms with van der Waals surface area (Å²) in [5.74, 6) is 0. The maximum atomic E-state index is 5.94. The Balaban J connectivity index is 2.11. The zero-order valence-corrected chi connectivity index (χ0v) is 12.0. The van der Waals surface area contributed by atoms with Crippen molar-refractivity contribution in [3.63, 3.8) is 0 Å². The van der Waals surface area contributed by atoms with Crippen molar-refractivity contribution >= 4 is 22.9 Å². The molecule has 0 saturated carbocycles. The molecule has 1 unspecified atom stereocenters. The van der Waals surface area contributed by atoms with E-state index < -0.39 is 0 Å². The van der Waals surface area contributed by atoms with Gasteiger partial charge in [-0.25, -0.2) is 0 Å². The Morgan fingerprint density at radius 1 is 1.33 bits per heavy atom. The zero-order chi connectivity index (χ0) is 12.8. The molecule has 0 aliphatic heterocycles. The Hall–Kier alpha value is -0.900. The van der Waals surface area contributed by atoms with Crippen molar-refractivity contribution in [3.8, 4) is 0 Å². The molecule has 0 aliphatic carbocycles. The van der Waals surface area contributed by atoms with Gasteiger partial charge < -0.3 is 5.32 Å². The standard InChI is InChI=1S/C14H17ClN2S/c1-2-7-17-14(8-13-9-16-10-18-13)11-3-5-12(15)6-4-11/h3-6,9-10,14,17H,2,7-8H2,1H3. The van der Waals surface area contributed by atoms with E-state index in [1.807, 2.05) is 23.8 Å². The second kappa shape index (κ2) is 6.88. The van der Waals surface area contributed by atoms with E-state index >= 15 is 0 Å². The highest BCUT2D eigenvalue weighted by atomic mass is 35.5. The molecule has 1 N–H and O–H groups in total. The first-order valence-corrected chi connectivity index (χ1v) is 7.41. The Bertz CT molecular complexity index is 453. The number of nitrogens with zero attached hydrogens (tertiary/aromatic N) is 1. The van der Waals surface area contributed by atoms with Crippen LogP contribution in [0.4, 0.5) is 0 Å². The van der Waals surface area contributed by atoms with Gasteiger partial charge in [-0.2, -0.15) is 0 Å². The van der Waals surface area contributed by atoms with Crippen molar-refractivity contribution in [3.05, 3.63) is 51.4 Å². The minimum Gasteiger partial charge on any atom is -0.310 e. The third-order valence-corrected chi connectivity index (χ3v) is 3.86. The average molecular weight is 281 g/mol. The van der Waals surface area contributed by atoms with E-state index in [1.165, 1.54) is 10.4 Å². The lowest BCUT2D eigenvalue weighted by Gasteiger charge is -2.18. The van der Waals surface area contributed by atoms with Crippen LogP contribution >= 0.6 is 22.9 Å². The molecule has 0 saturated heterocycles. The van der Waals surface area contributed by atoms with Crippen LogP contribution in [0.3, 0.4) is 0 Å². The lowest BCUT2D eigenvalue weighted by atomic mass is 10.0. The van der Waals surface area contributed by atoms with Gasteiger partial charge in [0.1, 0.15) is 0 Å². The maximum absolute atomic E-state index is 5.94. The summed E-state index contributed by atoms with van der Waals surface area (Å²) in [5, 5.41) is 4.36. The summed E-state index contributed by atoms with van der Waals surface area (Å²) in [6, 6.07) is 8.42. The second-order valence-electron chi connectivity index (χ2n) is 4.23. The van der Waals surface area contributed by atoms with Gasteiger partial charge in [-0.05, 0) is 30.7 Å². The van der Waals surface area contributed by atoms with Gasteiger partial charge in [0.2, 0.25) is 0 Å². The molecule has 1 aromatic carbocycles. The van der Waals surface area contributed by atoms with Crippen LogP contribution in [-0.4, -0.2) is 11.5 Å². The summed E-state index contributed by atoms with van der Waals surface area (Å²) in [6.45, 7) is 3.20. The van der Waals surface area contributed by atoms with Crippen LogP contribution in [0.1, 0.15) is 29.8 Å². The molecule has 0 radical (unpaired) electrons. The number of aromatic nitrogens is 1. The number of halogens is 1. The van der Waals surface area contributed by atoms with E-state index in [2.05, 4.69) is 29.4 Å². The highest BCUT2D eigenvalue weighted by Crippen LogP contribution is 2.22. The minimum absolute atomic E-state index is 0.336. The third kappa shape index (κ3) is 3.80. The Morgan fingerprint density at radius 3 is 2.72 bits per heavy atom. The zero-order valence-electron chi connectivity index (χ0n) is 10.4. The predicted molar refractivity (Wildman–Crippen MR) is 78.3 cm³/mol. The number of benzene rings is 1. The van der Waals surface area contributed by atoms with Crippen LogP contribution in [0.5, 0.6) is 0 Å². The van der Waals surface area contributed by atoms with Gasteiger partial charge in [-0.1, -0.05) is 30.7 Å². The van der Waals surface area contributed by atoms with Crippen LogP contribution in [0.2, 0.25) is 5.02 Å². The second-order valence-corrected chi connectivity index (χ2v) is 5.64. The molecule has 1 aromatic heterocycles. The van der Waals surface area contributed by atoms with Gasteiger partial charge in [0.05, 0.1) is 5.51 Å². The van der Waals surface area contributed by atoms with Crippen molar-refractivity contribution in [1.82, 2.24) is 10.3 Å². The summed E-state index contributed by atoms with van der Waals surface area (Å²) in [4.78, 5) is 5.44. The summed E-state index contributed by atoms with van der Waals surface area (Å²) in [5.41, 5.74) is 3.16. The van der Waals surface area contributed by atoms with Crippen LogP contribution in [0, 0.1) is 0 Å². The summed E-state index contributed by atoms with van der Waals surface area (Å²) >= 11 is 7.64. The lowest BCUT2D eigenvalue weighted by Crippen LogP contribution is -2.23. The van der Waals surface area contributed by atoms with Crippen molar-refractivity contribution in [2.45, 2.75) is 25.8 Å². The lowest BCUT2D eigenvalue weighted by molar-refractivity contribution is 0.532. The van der Waals surface area contributed by atoms with Crippen molar-refractivity contribution in [1.29, 1.82) is 0 Å². The van der Waals surface area contributed by atoms with Gasteiger partial charge in [-0.3, -0.25) is 4.98 Å². The van der Waals surface area contributed by atoms with E-state index in [9.17, 15) is 0 Å². The molecule has 2 nitrogen and oxygen atoms in total. The van der Waals surface area contributed by atoms with E-state index in [4.69, 9.17) is 11.6 Å². The molecule has 0 fully saturated rings. The van der Waals surface area contributed by atoms with Gasteiger partial charge in [-0.15, -0.1) is 11.3 Å². The van der Waals surface area contributed by atoms with E-state index in [0.717, 1.165) is 24.4 Å². The molecular weight excluding hydrogens is 264 g/mol. The van der Waals surface area contributed by atoms with Crippen LogP contribution < -0.4 is 5.32 Å². The van der Waals surface area contributed by atoms with Crippen LogP contribution in [-0.2, 0) is 6.42 Å². The fourth-order valence-electron chi connectivity index (χ4n) is 1.87. The fraction of sp³-hybridized carbons (Fsp3) is 0.357. The normalized spacial score (nSPS) is 12.6. The summed E-state index contributed by atoms with van der Waals surface area (Å²) in [7, 11) is 0. The summed E-state index contributed by atoms with van der Waals surface area (Å²) in [6.07, 6.45) is 4.06. The monoisotopic (exact) mass is 280 g/mol. The van der Waals surface area contributed by atoms with Crippen molar-refractivity contribution in [2.24, 2.45) is 0 Å². The smallest absolute Gasteiger partial charge is 0.0794 e. The van der Waals surface area contributed by atoms with Crippen molar-refractivity contribution < 1.29 is 0 Å². The molecule has 4 heteroatoms. The maximum Gasteiger partial charge on any atom is 0.0794 e. The largest absolute Gasteiger partial charge is 0.310 e. The molecule has 2 aromatic rings. The average Bonchev–Trinajstić information content (AvgIpc) is 2.88. The number of hydrogen-bond acceptors (Lipinski definition) is 3. The van der Waals surface area contributed by atoms with Gasteiger partial charge >= 0.3 is 0 Å². The van der Waals surface area contributed by atoms with Gasteiger partial charge in [0.15, 0.2) is 0 Å². The fourth-order valence-corrected chi connectivity index (χ4v) is 2.63. The number of nitrogens with one attached hydrogen (secondary N) is 1. The van der Waals surface area contributed by atoms with Crippen LogP contribution in [0.25, 0.3) is 0 Å². The molecule has 1 atom stereocenters. The quantitative estimate of drug-likeness (QED) is 0.862. The molecule has 2 rings (SSSR count). The van der Waals surface area contributed by atoms with E-state index in [0.29, 0.717) is 6.04 Å². The predicted octanol–water partition coefficient (Wildman–Crippen LogP) is 4.08. The molecule has 1 heterocycles. The molecular formula is C14H17ClN2S. The molecule has 0 bridgehead atoms. The first-order chi connectivity index (χ1) is 8.79. The number of rotatable bonds is 6. The Labute approximate surface area is 117 Å². The SMILES string of the molecule is CCCNC(Cc1cncs1)c1ccc(Cl)cc1. The first kappa shape index (κ1) is 13.5. The summed E-state index contributed by atoms with van der Waals surface area (Å²) < 4.78 is 0. The molecule has 18 heavy (non-hydrogen) atoms. The Kier molecular flexibility index (Phi) is 5.17. The highest BCUT2D eigenvalue weighted by Gasteiger charge is 2.12. The highest BCUT2D eigenvalue weighted by molar-refractivity contribution is 7.09. The van der Waals surface area contributed by atoms with Gasteiger partial charge in [0.25, 0.3) is 0 Å². The topological polar surface area (TPSA) is 24.9 Å². The number of hydrogen-bond donors (Lipinski definition) is 1. The van der Waals surface area contributed by atoms with Crippen LogP contribution in [0.15, 0.2) is 36.0 Å². The molecule has 0 spiro atoms.